The summed E-state index contributed by atoms with van der Waals surface area (Å²) in [4.78, 5) is 0. The number of nitrogen functional groups attached to an aromatic ring is 1. The van der Waals surface area contributed by atoms with Crippen LogP contribution in [0.3, 0.4) is 0 Å². The number of hydrogen-bond acceptors (Lipinski definition) is 3. The van der Waals surface area contributed by atoms with E-state index in [4.69, 9.17) is 22.1 Å². The fraction of sp³-hybridized carbons (Fsp3) is 0.143. The molecule has 0 fully saturated rings. The number of aliphatic hydroxyl groups is 1. The van der Waals surface area contributed by atoms with Crippen molar-refractivity contribution in [1.29, 1.82) is 0 Å². The topological polar surface area (TPSA) is 55.5 Å². The van der Waals surface area contributed by atoms with Crippen molar-refractivity contribution in [3.05, 3.63) is 57.5 Å². The molecule has 2 rings (SSSR count). The van der Waals surface area contributed by atoms with E-state index in [2.05, 4.69) is 15.9 Å². The van der Waals surface area contributed by atoms with E-state index in [1.807, 2.05) is 6.07 Å². The number of rotatable bonds is 4. The van der Waals surface area contributed by atoms with Crippen molar-refractivity contribution in [2.75, 3.05) is 12.3 Å². The fourth-order valence-electron chi connectivity index (χ4n) is 1.58. The maximum atomic E-state index is 10.0. The Morgan fingerprint density at radius 1 is 1.21 bits per heavy atom. The van der Waals surface area contributed by atoms with Gasteiger partial charge in [-0.15, -0.1) is 0 Å². The molecule has 2 aromatic carbocycles. The van der Waals surface area contributed by atoms with Crippen LogP contribution in [0.25, 0.3) is 0 Å². The molecule has 0 saturated heterocycles. The molecule has 0 aliphatic rings. The number of anilines is 1. The van der Waals surface area contributed by atoms with Gasteiger partial charge in [-0.05, 0) is 35.9 Å². The van der Waals surface area contributed by atoms with E-state index in [9.17, 15) is 5.11 Å². The molecule has 3 nitrogen and oxygen atoms in total. The molecule has 0 spiro atoms. The van der Waals surface area contributed by atoms with Gasteiger partial charge < -0.3 is 15.6 Å². The van der Waals surface area contributed by atoms with Crippen LogP contribution in [-0.2, 0) is 0 Å². The number of hydrogen-bond donors (Lipinski definition) is 2. The van der Waals surface area contributed by atoms with Crippen LogP contribution in [0.2, 0.25) is 5.02 Å². The predicted octanol–water partition coefficient (Wildman–Crippen LogP) is 3.80. The summed E-state index contributed by atoms with van der Waals surface area (Å²) >= 11 is 9.14. The average Bonchev–Trinajstić information content (AvgIpc) is 2.40. The molecule has 0 heterocycles. The van der Waals surface area contributed by atoms with Gasteiger partial charge in [-0.25, -0.2) is 0 Å². The summed E-state index contributed by atoms with van der Waals surface area (Å²) < 4.78 is 6.40. The quantitative estimate of drug-likeness (QED) is 0.831. The summed E-state index contributed by atoms with van der Waals surface area (Å²) in [6, 6.07) is 12.3. The molecule has 0 amide bonds. The first kappa shape index (κ1) is 14.2. The second kappa shape index (κ2) is 6.28. The van der Waals surface area contributed by atoms with Gasteiger partial charge in [0.05, 0.1) is 5.69 Å². The van der Waals surface area contributed by atoms with Crippen molar-refractivity contribution in [2.24, 2.45) is 0 Å². The summed E-state index contributed by atoms with van der Waals surface area (Å²) in [6.07, 6.45) is -0.726. The van der Waals surface area contributed by atoms with Gasteiger partial charge in [0.1, 0.15) is 18.5 Å². The van der Waals surface area contributed by atoms with E-state index in [0.29, 0.717) is 16.5 Å². The highest BCUT2D eigenvalue weighted by molar-refractivity contribution is 9.10. The Morgan fingerprint density at radius 2 is 1.89 bits per heavy atom. The summed E-state index contributed by atoms with van der Waals surface area (Å²) in [7, 11) is 0. The third-order valence-electron chi connectivity index (χ3n) is 2.63. The Labute approximate surface area is 125 Å². The molecule has 0 bridgehead atoms. The monoisotopic (exact) mass is 341 g/mol. The lowest BCUT2D eigenvalue weighted by Crippen LogP contribution is -2.10. The third kappa shape index (κ3) is 3.86. The minimum atomic E-state index is -0.726. The molecule has 2 aromatic rings. The van der Waals surface area contributed by atoms with Crippen molar-refractivity contribution in [2.45, 2.75) is 6.10 Å². The molecular weight excluding hydrogens is 330 g/mol. The van der Waals surface area contributed by atoms with Crippen LogP contribution in [0.1, 0.15) is 11.7 Å². The largest absolute Gasteiger partial charge is 0.488 e. The van der Waals surface area contributed by atoms with Crippen LogP contribution in [0.15, 0.2) is 46.9 Å². The number of ether oxygens (including phenoxy) is 1. The minimum absolute atomic E-state index is 0.127. The van der Waals surface area contributed by atoms with Gasteiger partial charge in [0.2, 0.25) is 0 Å². The Kier molecular flexibility index (Phi) is 4.69. The minimum Gasteiger partial charge on any atom is -0.488 e. The van der Waals surface area contributed by atoms with Crippen molar-refractivity contribution in [1.82, 2.24) is 0 Å². The molecule has 5 heteroatoms. The van der Waals surface area contributed by atoms with Crippen LogP contribution in [0.4, 0.5) is 5.69 Å². The highest BCUT2D eigenvalue weighted by Gasteiger charge is 2.10. The lowest BCUT2D eigenvalue weighted by molar-refractivity contribution is 0.108. The summed E-state index contributed by atoms with van der Waals surface area (Å²) in [5, 5.41) is 10.6. The first-order chi connectivity index (χ1) is 9.06. The van der Waals surface area contributed by atoms with Gasteiger partial charge >= 0.3 is 0 Å². The van der Waals surface area contributed by atoms with Gasteiger partial charge in [0, 0.05) is 9.50 Å². The Morgan fingerprint density at radius 3 is 2.58 bits per heavy atom. The first-order valence-corrected chi connectivity index (χ1v) is 6.84. The van der Waals surface area contributed by atoms with E-state index in [1.54, 1.807) is 36.4 Å². The lowest BCUT2D eigenvalue weighted by atomic mass is 10.1. The van der Waals surface area contributed by atoms with Crippen LogP contribution in [0.5, 0.6) is 5.75 Å². The average molecular weight is 343 g/mol. The number of benzene rings is 2. The van der Waals surface area contributed by atoms with E-state index in [-0.39, 0.29) is 6.61 Å². The zero-order valence-electron chi connectivity index (χ0n) is 10.0. The molecule has 0 aromatic heterocycles. The van der Waals surface area contributed by atoms with E-state index >= 15 is 0 Å². The highest BCUT2D eigenvalue weighted by atomic mass is 79.9. The van der Waals surface area contributed by atoms with Gasteiger partial charge in [-0.3, -0.25) is 0 Å². The zero-order chi connectivity index (χ0) is 13.8. The maximum Gasteiger partial charge on any atom is 0.143 e. The van der Waals surface area contributed by atoms with Crippen LogP contribution in [-0.4, -0.2) is 11.7 Å². The van der Waals surface area contributed by atoms with Crippen molar-refractivity contribution >= 4 is 33.2 Å². The smallest absolute Gasteiger partial charge is 0.143 e. The van der Waals surface area contributed by atoms with E-state index < -0.39 is 6.10 Å². The van der Waals surface area contributed by atoms with Crippen LogP contribution >= 0.6 is 27.5 Å². The normalized spacial score (nSPS) is 12.2. The molecule has 0 radical (unpaired) electrons. The zero-order valence-corrected chi connectivity index (χ0v) is 12.4. The molecule has 3 N–H and O–H groups in total. The summed E-state index contributed by atoms with van der Waals surface area (Å²) in [5.74, 6) is 0.544. The van der Waals surface area contributed by atoms with Gasteiger partial charge in [-0.1, -0.05) is 39.7 Å². The van der Waals surface area contributed by atoms with Gasteiger partial charge in [-0.2, -0.15) is 0 Å². The van der Waals surface area contributed by atoms with Crippen molar-refractivity contribution in [3.8, 4) is 5.75 Å². The molecule has 0 aliphatic carbocycles. The molecule has 100 valence electrons. The molecule has 1 atom stereocenters. The maximum absolute atomic E-state index is 10.0. The molecule has 19 heavy (non-hydrogen) atoms. The summed E-state index contributed by atoms with van der Waals surface area (Å²) in [5.41, 5.74) is 7.07. The second-order valence-electron chi connectivity index (χ2n) is 4.06. The molecular formula is C14H13BrClNO2. The van der Waals surface area contributed by atoms with Crippen LogP contribution < -0.4 is 10.5 Å². The van der Waals surface area contributed by atoms with Crippen molar-refractivity contribution < 1.29 is 9.84 Å². The van der Waals surface area contributed by atoms with E-state index in [0.717, 1.165) is 10.0 Å². The van der Waals surface area contributed by atoms with Crippen molar-refractivity contribution in [3.63, 3.8) is 0 Å². The fourth-order valence-corrected chi connectivity index (χ4v) is 2.05. The molecule has 0 saturated carbocycles. The Bertz CT molecular complexity index is 560. The van der Waals surface area contributed by atoms with E-state index in [1.165, 1.54) is 0 Å². The summed E-state index contributed by atoms with van der Waals surface area (Å²) in [6.45, 7) is 0.127. The third-order valence-corrected chi connectivity index (χ3v) is 3.37. The first-order valence-electron chi connectivity index (χ1n) is 5.67. The predicted molar refractivity (Wildman–Crippen MR) is 80.5 cm³/mol. The van der Waals surface area contributed by atoms with Gasteiger partial charge in [0.15, 0.2) is 0 Å². The number of halogens is 2. The second-order valence-corrected chi connectivity index (χ2v) is 5.41. The number of nitrogens with two attached hydrogens (primary N) is 1. The standard InChI is InChI=1S/C14H13BrClNO2/c15-10-3-6-12(17)14(7-10)19-8-13(18)9-1-4-11(16)5-2-9/h1-7,13,18H,8,17H2. The Hall–Kier alpha value is -1.23. The SMILES string of the molecule is Nc1ccc(Br)cc1OCC(O)c1ccc(Cl)cc1. The highest BCUT2D eigenvalue weighted by Crippen LogP contribution is 2.27. The Balaban J connectivity index is 2.02. The van der Waals surface area contributed by atoms with Crippen LogP contribution in [0, 0.1) is 0 Å². The van der Waals surface area contributed by atoms with Gasteiger partial charge in [0.25, 0.3) is 0 Å². The number of aliphatic hydroxyl groups excluding tert-OH is 1. The molecule has 1 unspecified atom stereocenters. The molecule has 0 aliphatic heterocycles. The lowest BCUT2D eigenvalue weighted by Gasteiger charge is -2.14.